The fourth-order valence-electron chi connectivity index (χ4n) is 4.95. The third kappa shape index (κ3) is 3.07. The molecular formula is C18H32O. The van der Waals surface area contributed by atoms with E-state index in [4.69, 9.17) is 0 Å². The molecule has 1 heteroatoms. The highest BCUT2D eigenvalue weighted by molar-refractivity contribution is 5.04. The van der Waals surface area contributed by atoms with Crippen LogP contribution in [0.25, 0.3) is 0 Å². The molecule has 0 aromatic rings. The van der Waals surface area contributed by atoms with Crippen LogP contribution in [0, 0.1) is 35.0 Å². The molecule has 0 spiro atoms. The van der Waals surface area contributed by atoms with E-state index >= 15 is 0 Å². The Morgan fingerprint density at radius 1 is 1.26 bits per heavy atom. The van der Waals surface area contributed by atoms with E-state index in [1.54, 1.807) is 0 Å². The molecule has 0 aliphatic heterocycles. The first kappa shape index (κ1) is 15.1. The molecule has 2 fully saturated rings. The van der Waals surface area contributed by atoms with Crippen LogP contribution in [0.1, 0.15) is 59.8 Å². The molecule has 0 aromatic heterocycles. The van der Waals surface area contributed by atoms with Crippen LogP contribution in [0.2, 0.25) is 0 Å². The minimum atomic E-state index is 0.382. The highest BCUT2D eigenvalue weighted by Gasteiger charge is 2.54. The summed E-state index contributed by atoms with van der Waals surface area (Å²) < 4.78 is 0. The lowest BCUT2D eigenvalue weighted by Crippen LogP contribution is -2.37. The van der Waals surface area contributed by atoms with E-state index in [1.807, 2.05) is 0 Å². The van der Waals surface area contributed by atoms with Crippen LogP contribution in [-0.4, -0.2) is 11.7 Å². The van der Waals surface area contributed by atoms with Crippen LogP contribution in [0.5, 0.6) is 0 Å². The van der Waals surface area contributed by atoms with Crippen molar-refractivity contribution in [3.8, 4) is 0 Å². The molecule has 0 amide bonds. The predicted octanol–water partition coefficient (Wildman–Crippen LogP) is 4.66. The lowest BCUT2D eigenvalue weighted by atomic mass is 9.63. The molecule has 0 heterocycles. The zero-order valence-electron chi connectivity index (χ0n) is 13.2. The first-order valence-corrected chi connectivity index (χ1v) is 8.24. The average molecular weight is 264 g/mol. The molecule has 0 aromatic carbocycles. The maximum atomic E-state index is 9.83. The molecule has 0 radical (unpaired) electrons. The Bertz CT molecular complexity index is 316. The number of aliphatic hydroxyl groups is 1. The van der Waals surface area contributed by atoms with E-state index in [2.05, 4.69) is 39.8 Å². The molecular weight excluding hydrogens is 232 g/mol. The Labute approximate surface area is 119 Å². The van der Waals surface area contributed by atoms with Gasteiger partial charge in [-0.15, -0.1) is 0 Å². The van der Waals surface area contributed by atoms with Gasteiger partial charge in [0.15, 0.2) is 0 Å². The molecule has 1 N–H and O–H groups in total. The number of rotatable bonds is 6. The molecule has 4 unspecified atom stereocenters. The largest absolute Gasteiger partial charge is 0.396 e. The zero-order chi connectivity index (χ0) is 14.0. The molecule has 2 rings (SSSR count). The number of aliphatic hydroxyl groups excluding tert-OH is 1. The van der Waals surface area contributed by atoms with Crippen molar-refractivity contribution in [3.63, 3.8) is 0 Å². The van der Waals surface area contributed by atoms with Gasteiger partial charge in [0.1, 0.15) is 0 Å². The second-order valence-electron chi connectivity index (χ2n) is 7.81. The highest BCUT2D eigenvalue weighted by atomic mass is 16.3. The Hall–Kier alpha value is -0.300. The highest BCUT2D eigenvalue weighted by Crippen LogP contribution is 2.61. The van der Waals surface area contributed by atoms with Gasteiger partial charge in [0.05, 0.1) is 0 Å². The minimum absolute atomic E-state index is 0.382. The van der Waals surface area contributed by atoms with Crippen LogP contribution in [0.4, 0.5) is 0 Å². The van der Waals surface area contributed by atoms with Crippen molar-refractivity contribution in [2.45, 2.75) is 59.8 Å². The Morgan fingerprint density at radius 3 is 2.53 bits per heavy atom. The molecule has 2 saturated carbocycles. The van der Waals surface area contributed by atoms with E-state index in [0.29, 0.717) is 23.9 Å². The Balaban J connectivity index is 1.94. The third-order valence-electron chi connectivity index (χ3n) is 5.86. The Kier molecular flexibility index (Phi) is 4.76. The fourth-order valence-corrected chi connectivity index (χ4v) is 4.95. The summed E-state index contributed by atoms with van der Waals surface area (Å²) in [6.07, 6.45) is 11.2. The zero-order valence-corrected chi connectivity index (χ0v) is 13.2. The van der Waals surface area contributed by atoms with E-state index in [9.17, 15) is 5.11 Å². The predicted molar refractivity (Wildman–Crippen MR) is 81.9 cm³/mol. The summed E-state index contributed by atoms with van der Waals surface area (Å²) in [5.41, 5.74) is 0.456. The Morgan fingerprint density at radius 2 is 2.00 bits per heavy atom. The van der Waals surface area contributed by atoms with Gasteiger partial charge in [0, 0.05) is 6.61 Å². The summed E-state index contributed by atoms with van der Waals surface area (Å²) in [6, 6.07) is 0. The van der Waals surface area contributed by atoms with Gasteiger partial charge in [-0.25, -0.2) is 0 Å². The van der Waals surface area contributed by atoms with E-state index < -0.39 is 0 Å². The number of hydrogen-bond donors (Lipinski definition) is 1. The van der Waals surface area contributed by atoms with Crippen molar-refractivity contribution in [2.75, 3.05) is 6.61 Å². The summed E-state index contributed by atoms with van der Waals surface area (Å²) in [6.45, 7) is 9.73. The minimum Gasteiger partial charge on any atom is -0.396 e. The molecule has 1 nitrogen and oxygen atoms in total. The second-order valence-corrected chi connectivity index (χ2v) is 7.81. The molecule has 110 valence electrons. The van der Waals surface area contributed by atoms with E-state index in [-0.39, 0.29) is 0 Å². The van der Waals surface area contributed by atoms with Crippen LogP contribution in [0.3, 0.4) is 0 Å². The standard InChI is InChI=1S/C18H32O/c1-13(2)7-5-6-8-15(12-19)17-14-9-10-16(11-14)18(17,3)4/h5,7,13-17,19H,6,8-12H2,1-4H3/b7-5-. The van der Waals surface area contributed by atoms with Crippen LogP contribution in [-0.2, 0) is 0 Å². The van der Waals surface area contributed by atoms with Gasteiger partial charge in [0.25, 0.3) is 0 Å². The average Bonchev–Trinajstić information content (AvgIpc) is 2.89. The molecule has 2 aliphatic rings. The number of hydrogen-bond acceptors (Lipinski definition) is 1. The summed E-state index contributed by atoms with van der Waals surface area (Å²) in [5.74, 6) is 3.73. The second kappa shape index (κ2) is 5.99. The lowest BCUT2D eigenvalue weighted by molar-refractivity contribution is 0.0351. The van der Waals surface area contributed by atoms with Gasteiger partial charge < -0.3 is 5.11 Å². The van der Waals surface area contributed by atoms with Crippen molar-refractivity contribution in [3.05, 3.63) is 12.2 Å². The van der Waals surface area contributed by atoms with E-state index in [0.717, 1.165) is 30.6 Å². The first-order chi connectivity index (χ1) is 8.96. The van der Waals surface area contributed by atoms with Crippen molar-refractivity contribution < 1.29 is 5.11 Å². The quantitative estimate of drug-likeness (QED) is 0.692. The summed E-state index contributed by atoms with van der Waals surface area (Å²) >= 11 is 0. The van der Waals surface area contributed by atoms with Crippen LogP contribution >= 0.6 is 0 Å². The van der Waals surface area contributed by atoms with Crippen molar-refractivity contribution in [1.82, 2.24) is 0 Å². The number of allylic oxidation sites excluding steroid dienone is 2. The van der Waals surface area contributed by atoms with Gasteiger partial charge in [-0.3, -0.25) is 0 Å². The molecule has 2 aliphatic carbocycles. The maximum Gasteiger partial charge on any atom is 0.0462 e. The van der Waals surface area contributed by atoms with Crippen LogP contribution in [0.15, 0.2) is 12.2 Å². The SMILES string of the molecule is CC(C)/C=C\CCC(CO)C1C2CCC(C2)C1(C)C. The molecule has 4 atom stereocenters. The van der Waals surface area contributed by atoms with Gasteiger partial charge >= 0.3 is 0 Å². The maximum absolute atomic E-state index is 9.83. The summed E-state index contributed by atoms with van der Waals surface area (Å²) in [4.78, 5) is 0. The van der Waals surface area contributed by atoms with Gasteiger partial charge in [-0.05, 0) is 67.1 Å². The van der Waals surface area contributed by atoms with Crippen molar-refractivity contribution in [1.29, 1.82) is 0 Å². The molecule has 2 bridgehead atoms. The normalized spacial score (nSPS) is 34.5. The third-order valence-corrected chi connectivity index (χ3v) is 5.86. The monoisotopic (exact) mass is 264 g/mol. The van der Waals surface area contributed by atoms with Crippen LogP contribution < -0.4 is 0 Å². The van der Waals surface area contributed by atoms with Gasteiger partial charge in [-0.2, -0.15) is 0 Å². The van der Waals surface area contributed by atoms with Crippen molar-refractivity contribution >= 4 is 0 Å². The smallest absolute Gasteiger partial charge is 0.0462 e. The number of fused-ring (bicyclic) bond motifs is 2. The summed E-state index contributed by atoms with van der Waals surface area (Å²) in [5, 5.41) is 9.83. The lowest BCUT2D eigenvalue weighted by Gasteiger charge is -2.42. The summed E-state index contributed by atoms with van der Waals surface area (Å²) in [7, 11) is 0. The molecule has 0 saturated heterocycles. The fraction of sp³-hybridized carbons (Fsp3) is 0.889. The van der Waals surface area contributed by atoms with Gasteiger partial charge in [0.2, 0.25) is 0 Å². The molecule has 19 heavy (non-hydrogen) atoms. The van der Waals surface area contributed by atoms with E-state index in [1.165, 1.54) is 19.3 Å². The van der Waals surface area contributed by atoms with Crippen molar-refractivity contribution in [2.24, 2.45) is 35.0 Å². The topological polar surface area (TPSA) is 20.2 Å². The van der Waals surface area contributed by atoms with Gasteiger partial charge in [-0.1, -0.05) is 39.8 Å². The first-order valence-electron chi connectivity index (χ1n) is 8.24.